The summed E-state index contributed by atoms with van der Waals surface area (Å²) in [6.45, 7) is 8.84. The minimum absolute atomic E-state index is 0.586. The highest BCUT2D eigenvalue weighted by Gasteiger charge is 2.46. The van der Waals surface area contributed by atoms with Crippen molar-refractivity contribution in [2.24, 2.45) is 17.3 Å². The number of rotatable bonds is 5. The summed E-state index contributed by atoms with van der Waals surface area (Å²) >= 11 is 0. The smallest absolute Gasteiger partial charge is 0.0623 e. The largest absolute Gasteiger partial charge is 0.379 e. The van der Waals surface area contributed by atoms with Crippen LogP contribution in [0.25, 0.3) is 0 Å². The molecule has 2 N–H and O–H groups in total. The van der Waals surface area contributed by atoms with Crippen molar-refractivity contribution < 1.29 is 4.74 Å². The Morgan fingerprint density at radius 1 is 1.32 bits per heavy atom. The summed E-state index contributed by atoms with van der Waals surface area (Å²) in [5.41, 5.74) is 0.629. The van der Waals surface area contributed by atoms with Crippen LogP contribution in [-0.4, -0.2) is 38.4 Å². The summed E-state index contributed by atoms with van der Waals surface area (Å²) in [6, 6.07) is 1.30. The molecule has 0 aromatic rings. The third-order valence-electron chi connectivity index (χ3n) is 5.87. The van der Waals surface area contributed by atoms with E-state index in [1.165, 1.54) is 38.6 Å². The fourth-order valence-corrected chi connectivity index (χ4v) is 4.04. The minimum atomic E-state index is 0.586. The first-order valence-corrected chi connectivity index (χ1v) is 8.26. The summed E-state index contributed by atoms with van der Waals surface area (Å²) < 4.78 is 5.65. The minimum Gasteiger partial charge on any atom is -0.379 e. The molecule has 3 nitrogen and oxygen atoms in total. The van der Waals surface area contributed by atoms with Gasteiger partial charge in [-0.1, -0.05) is 20.3 Å². The van der Waals surface area contributed by atoms with E-state index in [9.17, 15) is 0 Å². The van der Waals surface area contributed by atoms with Crippen molar-refractivity contribution in [3.63, 3.8) is 0 Å². The third kappa shape index (κ3) is 2.98. The Kier molecular flexibility index (Phi) is 4.16. The van der Waals surface area contributed by atoms with Crippen LogP contribution < -0.4 is 10.6 Å². The van der Waals surface area contributed by atoms with E-state index < -0.39 is 0 Å². The van der Waals surface area contributed by atoms with Crippen LogP contribution in [0.15, 0.2) is 0 Å². The van der Waals surface area contributed by atoms with Crippen molar-refractivity contribution in [2.75, 3.05) is 26.3 Å². The molecule has 3 heteroatoms. The van der Waals surface area contributed by atoms with Crippen LogP contribution in [0.2, 0.25) is 0 Å². The molecule has 0 radical (unpaired) electrons. The molecule has 2 saturated carbocycles. The quantitative estimate of drug-likeness (QED) is 0.800. The van der Waals surface area contributed by atoms with Crippen LogP contribution in [0.1, 0.15) is 46.0 Å². The monoisotopic (exact) mass is 266 g/mol. The second-order valence-corrected chi connectivity index (χ2v) is 7.23. The topological polar surface area (TPSA) is 33.3 Å². The van der Waals surface area contributed by atoms with E-state index in [0.717, 1.165) is 37.6 Å². The predicted molar refractivity (Wildman–Crippen MR) is 78.2 cm³/mol. The van der Waals surface area contributed by atoms with Crippen molar-refractivity contribution in [1.82, 2.24) is 10.6 Å². The van der Waals surface area contributed by atoms with Gasteiger partial charge in [0.15, 0.2) is 0 Å². The van der Waals surface area contributed by atoms with E-state index in [0.29, 0.717) is 11.5 Å². The fraction of sp³-hybridized carbons (Fsp3) is 1.00. The number of nitrogens with one attached hydrogen (secondary N) is 2. The summed E-state index contributed by atoms with van der Waals surface area (Å²) in [4.78, 5) is 0. The van der Waals surface area contributed by atoms with E-state index in [4.69, 9.17) is 4.74 Å². The molecule has 0 amide bonds. The van der Waals surface area contributed by atoms with Gasteiger partial charge in [0, 0.05) is 25.2 Å². The lowest BCUT2D eigenvalue weighted by Gasteiger charge is -2.34. The van der Waals surface area contributed by atoms with Gasteiger partial charge in [0.2, 0.25) is 0 Å². The van der Waals surface area contributed by atoms with Gasteiger partial charge in [-0.25, -0.2) is 0 Å². The molecule has 0 aromatic heterocycles. The first-order chi connectivity index (χ1) is 9.21. The summed E-state index contributed by atoms with van der Waals surface area (Å²) in [7, 11) is 0. The average molecular weight is 266 g/mol. The Hall–Kier alpha value is -0.120. The molecule has 110 valence electrons. The number of ether oxygens (including phenoxy) is 1. The maximum absolute atomic E-state index is 5.65. The van der Waals surface area contributed by atoms with Gasteiger partial charge in [-0.15, -0.1) is 0 Å². The summed E-state index contributed by atoms with van der Waals surface area (Å²) in [6.07, 6.45) is 6.97. The molecule has 1 heterocycles. The van der Waals surface area contributed by atoms with E-state index in [2.05, 4.69) is 24.5 Å². The van der Waals surface area contributed by atoms with E-state index in [1.807, 2.05) is 0 Å². The number of hydrogen-bond acceptors (Lipinski definition) is 3. The Morgan fingerprint density at radius 2 is 2.16 bits per heavy atom. The molecule has 3 fully saturated rings. The van der Waals surface area contributed by atoms with Gasteiger partial charge in [0.05, 0.1) is 13.2 Å². The number of morpholine rings is 1. The van der Waals surface area contributed by atoms with Gasteiger partial charge in [0.1, 0.15) is 0 Å². The maximum Gasteiger partial charge on any atom is 0.0623 e. The molecule has 3 rings (SSSR count). The van der Waals surface area contributed by atoms with Crippen LogP contribution in [0, 0.1) is 17.3 Å². The number of hydrogen-bond donors (Lipinski definition) is 2. The molecule has 1 aliphatic heterocycles. The Balaban J connectivity index is 1.52. The highest BCUT2D eigenvalue weighted by molar-refractivity contribution is 5.00. The highest BCUT2D eigenvalue weighted by Crippen LogP contribution is 2.51. The molecule has 0 spiro atoms. The highest BCUT2D eigenvalue weighted by atomic mass is 16.5. The maximum atomic E-state index is 5.65. The first kappa shape index (κ1) is 13.8. The molecule has 3 aliphatic rings. The molecule has 1 saturated heterocycles. The van der Waals surface area contributed by atoms with Crippen molar-refractivity contribution >= 4 is 0 Å². The molecule has 0 aromatic carbocycles. The lowest BCUT2D eigenvalue weighted by atomic mass is 9.90. The zero-order valence-corrected chi connectivity index (χ0v) is 12.6. The molecular formula is C16H30N2O. The molecule has 0 bridgehead atoms. The van der Waals surface area contributed by atoms with Crippen LogP contribution in [0.3, 0.4) is 0 Å². The molecular weight excluding hydrogens is 236 g/mol. The van der Waals surface area contributed by atoms with Gasteiger partial charge < -0.3 is 15.4 Å². The molecule has 19 heavy (non-hydrogen) atoms. The van der Waals surface area contributed by atoms with E-state index in [1.54, 1.807) is 0 Å². The Labute approximate surface area is 117 Å². The van der Waals surface area contributed by atoms with Crippen molar-refractivity contribution in [3.8, 4) is 0 Å². The Bertz CT molecular complexity index is 295. The Morgan fingerprint density at radius 3 is 2.79 bits per heavy atom. The lowest BCUT2D eigenvalue weighted by molar-refractivity contribution is 0.0519. The predicted octanol–water partition coefficient (Wildman–Crippen LogP) is 2.17. The van der Waals surface area contributed by atoms with Crippen LogP contribution >= 0.6 is 0 Å². The van der Waals surface area contributed by atoms with Gasteiger partial charge in [-0.2, -0.15) is 0 Å². The molecule has 3 unspecified atom stereocenters. The van der Waals surface area contributed by atoms with Crippen molar-refractivity contribution in [3.05, 3.63) is 0 Å². The summed E-state index contributed by atoms with van der Waals surface area (Å²) in [5, 5.41) is 7.58. The zero-order valence-electron chi connectivity index (χ0n) is 12.6. The summed E-state index contributed by atoms with van der Waals surface area (Å²) in [5.74, 6) is 1.61. The SMILES string of the molecule is CC(C)C1(CNC2CCCC2C2COCCN2)CC1. The van der Waals surface area contributed by atoms with Crippen molar-refractivity contribution in [2.45, 2.75) is 58.0 Å². The molecule has 3 atom stereocenters. The van der Waals surface area contributed by atoms with Crippen LogP contribution in [-0.2, 0) is 4.74 Å². The first-order valence-electron chi connectivity index (χ1n) is 8.26. The zero-order chi connectivity index (χ0) is 13.3. The van der Waals surface area contributed by atoms with Gasteiger partial charge >= 0.3 is 0 Å². The lowest BCUT2D eigenvalue weighted by Crippen LogP contribution is -2.51. The molecule has 2 aliphatic carbocycles. The second-order valence-electron chi connectivity index (χ2n) is 7.23. The third-order valence-corrected chi connectivity index (χ3v) is 5.87. The average Bonchev–Trinajstić information content (AvgIpc) is 3.09. The van der Waals surface area contributed by atoms with E-state index in [-0.39, 0.29) is 0 Å². The van der Waals surface area contributed by atoms with Gasteiger partial charge in [-0.3, -0.25) is 0 Å². The van der Waals surface area contributed by atoms with Crippen LogP contribution in [0.5, 0.6) is 0 Å². The normalized spacial score (nSPS) is 37.7. The van der Waals surface area contributed by atoms with Crippen LogP contribution in [0.4, 0.5) is 0 Å². The van der Waals surface area contributed by atoms with Gasteiger partial charge in [-0.05, 0) is 42.9 Å². The standard InChI is InChI=1S/C16H30N2O/c1-12(2)16(6-7-16)11-18-14-5-3-4-13(14)15-10-19-9-8-17-15/h12-15,17-18H,3-11H2,1-2H3. The fourth-order valence-electron chi connectivity index (χ4n) is 4.04. The van der Waals surface area contributed by atoms with Gasteiger partial charge in [0.25, 0.3) is 0 Å². The van der Waals surface area contributed by atoms with E-state index >= 15 is 0 Å². The van der Waals surface area contributed by atoms with Crippen molar-refractivity contribution in [1.29, 1.82) is 0 Å². The second kappa shape index (κ2) is 5.71.